The molecule has 1 aliphatic heterocycles. The average Bonchev–Trinajstić information content (AvgIpc) is 2.70. The summed E-state index contributed by atoms with van der Waals surface area (Å²) in [7, 11) is -1.87. The van der Waals surface area contributed by atoms with E-state index in [1.807, 2.05) is 11.9 Å². The molecule has 1 aliphatic rings. The van der Waals surface area contributed by atoms with E-state index in [9.17, 15) is 22.9 Å². The van der Waals surface area contributed by atoms with Gasteiger partial charge in [0.1, 0.15) is 11.5 Å². The SMILES string of the molecule is CN1CCN(S(=O)(=O)c2ccc(NCCc3ccc(F)cc3)c([N+](=O)[O-])c2)CC1. The molecule has 0 bridgehead atoms. The van der Waals surface area contributed by atoms with Crippen molar-refractivity contribution in [2.24, 2.45) is 0 Å². The van der Waals surface area contributed by atoms with Crippen LogP contribution in [0.1, 0.15) is 5.56 Å². The van der Waals surface area contributed by atoms with E-state index in [0.29, 0.717) is 39.1 Å². The van der Waals surface area contributed by atoms with Crippen LogP contribution < -0.4 is 5.32 Å². The van der Waals surface area contributed by atoms with Gasteiger partial charge in [-0.2, -0.15) is 4.31 Å². The summed E-state index contributed by atoms with van der Waals surface area (Å²) in [6, 6.07) is 9.93. The van der Waals surface area contributed by atoms with Crippen LogP contribution in [0.4, 0.5) is 15.8 Å². The van der Waals surface area contributed by atoms with Crippen molar-refractivity contribution in [1.82, 2.24) is 9.21 Å². The van der Waals surface area contributed by atoms with Gasteiger partial charge in [0.2, 0.25) is 10.0 Å². The number of halogens is 1. The number of benzene rings is 2. The first kappa shape index (κ1) is 21.2. The van der Waals surface area contributed by atoms with Crippen molar-refractivity contribution in [3.8, 4) is 0 Å². The van der Waals surface area contributed by atoms with Crippen molar-refractivity contribution in [1.29, 1.82) is 0 Å². The van der Waals surface area contributed by atoms with Crippen molar-refractivity contribution in [2.75, 3.05) is 45.1 Å². The Kier molecular flexibility index (Phi) is 6.46. The molecule has 29 heavy (non-hydrogen) atoms. The minimum absolute atomic E-state index is 0.0853. The molecule has 0 atom stereocenters. The number of rotatable bonds is 7. The van der Waals surface area contributed by atoms with Crippen molar-refractivity contribution in [3.63, 3.8) is 0 Å². The van der Waals surface area contributed by atoms with Crippen LogP contribution in [0.25, 0.3) is 0 Å². The minimum Gasteiger partial charge on any atom is -0.379 e. The summed E-state index contributed by atoms with van der Waals surface area (Å²) in [5, 5.41) is 14.5. The van der Waals surface area contributed by atoms with E-state index in [2.05, 4.69) is 5.32 Å². The Morgan fingerprint density at radius 2 is 1.76 bits per heavy atom. The lowest BCUT2D eigenvalue weighted by molar-refractivity contribution is -0.384. The predicted molar refractivity (Wildman–Crippen MR) is 108 cm³/mol. The molecule has 1 saturated heterocycles. The van der Waals surface area contributed by atoms with Gasteiger partial charge in [0, 0.05) is 38.8 Å². The summed E-state index contributed by atoms with van der Waals surface area (Å²) in [6.07, 6.45) is 0.540. The lowest BCUT2D eigenvalue weighted by Gasteiger charge is -2.31. The Morgan fingerprint density at radius 1 is 1.10 bits per heavy atom. The first-order valence-corrected chi connectivity index (χ1v) is 10.7. The Labute approximate surface area is 169 Å². The Morgan fingerprint density at radius 3 is 2.38 bits per heavy atom. The molecule has 0 aliphatic carbocycles. The van der Waals surface area contributed by atoms with Crippen LogP contribution >= 0.6 is 0 Å². The largest absolute Gasteiger partial charge is 0.379 e. The smallest absolute Gasteiger partial charge is 0.293 e. The molecule has 0 spiro atoms. The molecule has 156 valence electrons. The fourth-order valence-electron chi connectivity index (χ4n) is 3.14. The highest BCUT2D eigenvalue weighted by molar-refractivity contribution is 7.89. The maximum Gasteiger partial charge on any atom is 0.293 e. The summed E-state index contributed by atoms with van der Waals surface area (Å²) in [6.45, 7) is 2.32. The van der Waals surface area contributed by atoms with E-state index in [0.717, 1.165) is 11.6 Å². The second kappa shape index (κ2) is 8.85. The number of hydrogen-bond acceptors (Lipinski definition) is 6. The highest BCUT2D eigenvalue weighted by Gasteiger charge is 2.29. The lowest BCUT2D eigenvalue weighted by atomic mass is 10.1. The normalized spacial score (nSPS) is 15.9. The molecule has 1 heterocycles. The molecule has 3 rings (SSSR count). The maximum absolute atomic E-state index is 13.0. The minimum atomic E-state index is -3.79. The van der Waals surface area contributed by atoms with E-state index in [-0.39, 0.29) is 22.1 Å². The van der Waals surface area contributed by atoms with Gasteiger partial charge in [-0.1, -0.05) is 12.1 Å². The molecule has 1 fully saturated rings. The van der Waals surface area contributed by atoms with Gasteiger partial charge < -0.3 is 10.2 Å². The number of sulfonamides is 1. The van der Waals surface area contributed by atoms with E-state index in [4.69, 9.17) is 0 Å². The number of hydrogen-bond donors (Lipinski definition) is 1. The number of nitro groups is 1. The zero-order valence-electron chi connectivity index (χ0n) is 16.0. The molecule has 1 N–H and O–H groups in total. The highest BCUT2D eigenvalue weighted by Crippen LogP contribution is 2.29. The van der Waals surface area contributed by atoms with Gasteiger partial charge in [-0.25, -0.2) is 12.8 Å². The van der Waals surface area contributed by atoms with E-state index in [1.165, 1.54) is 28.6 Å². The van der Waals surface area contributed by atoms with Crippen LogP contribution in [-0.4, -0.2) is 62.3 Å². The number of likely N-dealkylation sites (N-methyl/N-ethyl adjacent to an activating group) is 1. The molecule has 2 aromatic carbocycles. The second-order valence-corrected chi connectivity index (χ2v) is 8.88. The van der Waals surface area contributed by atoms with Crippen LogP contribution in [0.3, 0.4) is 0 Å². The van der Waals surface area contributed by atoms with Gasteiger partial charge in [-0.15, -0.1) is 0 Å². The summed E-state index contributed by atoms with van der Waals surface area (Å²) in [4.78, 5) is 12.9. The second-order valence-electron chi connectivity index (χ2n) is 6.95. The Hall–Kier alpha value is -2.56. The van der Waals surface area contributed by atoms with Crippen LogP contribution in [0.5, 0.6) is 0 Å². The lowest BCUT2D eigenvalue weighted by Crippen LogP contribution is -2.47. The number of nitrogens with one attached hydrogen (secondary N) is 1. The molecular weight excluding hydrogens is 399 g/mol. The zero-order chi connectivity index (χ0) is 21.0. The van der Waals surface area contributed by atoms with Crippen LogP contribution in [-0.2, 0) is 16.4 Å². The number of nitro benzene ring substituents is 1. The van der Waals surface area contributed by atoms with Gasteiger partial charge in [0.05, 0.1) is 9.82 Å². The van der Waals surface area contributed by atoms with Gasteiger partial charge in [-0.3, -0.25) is 10.1 Å². The average molecular weight is 422 g/mol. The molecule has 8 nitrogen and oxygen atoms in total. The van der Waals surface area contributed by atoms with Crippen molar-refractivity contribution < 1.29 is 17.7 Å². The van der Waals surface area contributed by atoms with Gasteiger partial charge in [0.25, 0.3) is 5.69 Å². The molecule has 0 aromatic heterocycles. The standard InChI is InChI=1S/C19H23FN4O4S/c1-22-10-12-23(13-11-22)29(27,28)17-6-7-18(19(14-17)24(25)26)21-9-8-15-2-4-16(20)5-3-15/h2-7,14,21H,8-13H2,1H3. The van der Waals surface area contributed by atoms with Crippen molar-refractivity contribution >= 4 is 21.4 Å². The van der Waals surface area contributed by atoms with Gasteiger partial charge in [-0.05, 0) is 43.3 Å². The molecule has 10 heteroatoms. The Bertz CT molecular complexity index is 974. The number of nitrogens with zero attached hydrogens (tertiary/aromatic N) is 3. The summed E-state index contributed by atoms with van der Waals surface area (Å²) in [5.41, 5.74) is 0.838. The third-order valence-corrected chi connectivity index (χ3v) is 6.80. The molecule has 0 unspecified atom stereocenters. The first-order valence-electron chi connectivity index (χ1n) is 9.23. The monoisotopic (exact) mass is 422 g/mol. The van der Waals surface area contributed by atoms with Gasteiger partial charge in [0.15, 0.2) is 0 Å². The van der Waals surface area contributed by atoms with Gasteiger partial charge >= 0.3 is 0 Å². The summed E-state index contributed by atoms with van der Waals surface area (Å²) in [5.74, 6) is -0.325. The van der Waals surface area contributed by atoms with E-state index >= 15 is 0 Å². The summed E-state index contributed by atoms with van der Waals surface area (Å²) < 4.78 is 40.0. The van der Waals surface area contributed by atoms with Crippen molar-refractivity contribution in [3.05, 3.63) is 64.0 Å². The summed E-state index contributed by atoms with van der Waals surface area (Å²) >= 11 is 0. The predicted octanol–water partition coefficient (Wildman–Crippen LogP) is 2.32. The number of anilines is 1. The molecule has 0 radical (unpaired) electrons. The number of piperazine rings is 1. The van der Waals surface area contributed by atoms with E-state index in [1.54, 1.807) is 12.1 Å². The third-order valence-electron chi connectivity index (χ3n) is 4.91. The van der Waals surface area contributed by atoms with Crippen LogP contribution in [0.15, 0.2) is 47.4 Å². The van der Waals surface area contributed by atoms with E-state index < -0.39 is 14.9 Å². The van der Waals surface area contributed by atoms with Crippen LogP contribution in [0, 0.1) is 15.9 Å². The van der Waals surface area contributed by atoms with Crippen LogP contribution in [0.2, 0.25) is 0 Å². The quantitative estimate of drug-likeness (QED) is 0.544. The fraction of sp³-hybridized carbons (Fsp3) is 0.368. The topological polar surface area (TPSA) is 95.8 Å². The third kappa shape index (κ3) is 5.08. The maximum atomic E-state index is 13.0. The Balaban J connectivity index is 1.74. The fourth-order valence-corrected chi connectivity index (χ4v) is 4.59. The zero-order valence-corrected chi connectivity index (χ0v) is 16.9. The highest BCUT2D eigenvalue weighted by atomic mass is 32.2. The van der Waals surface area contributed by atoms with Crippen molar-refractivity contribution in [2.45, 2.75) is 11.3 Å². The molecular formula is C19H23FN4O4S. The molecule has 2 aromatic rings. The molecule has 0 saturated carbocycles. The first-order chi connectivity index (χ1) is 13.8. The molecule has 0 amide bonds.